The lowest BCUT2D eigenvalue weighted by atomic mass is 10.1. The summed E-state index contributed by atoms with van der Waals surface area (Å²) in [7, 11) is 0. The van der Waals surface area contributed by atoms with E-state index in [-0.39, 0.29) is 12.2 Å². The second-order valence-corrected chi connectivity index (χ2v) is 4.91. The van der Waals surface area contributed by atoms with Crippen LogP contribution >= 0.6 is 33.9 Å². The van der Waals surface area contributed by atoms with E-state index >= 15 is 0 Å². The molecule has 14 heavy (non-hydrogen) atoms. The number of hydrogen-bond acceptors (Lipinski definition) is 2. The Kier molecular flexibility index (Phi) is 2.70. The van der Waals surface area contributed by atoms with Gasteiger partial charge < -0.3 is 0 Å². The molecule has 0 fully saturated rings. The molecular formula is C10H5FINS. The molecule has 0 unspecified atom stereocenters. The molecule has 1 heterocycles. The highest BCUT2D eigenvalue weighted by molar-refractivity contribution is 14.1. The summed E-state index contributed by atoms with van der Waals surface area (Å²) in [6, 6.07) is 5.35. The molecule has 2 aromatic rings. The van der Waals surface area contributed by atoms with E-state index in [1.165, 1.54) is 17.4 Å². The first-order valence-electron chi connectivity index (χ1n) is 3.94. The van der Waals surface area contributed by atoms with Crippen molar-refractivity contribution in [1.82, 2.24) is 0 Å². The van der Waals surface area contributed by atoms with Crippen LogP contribution in [0, 0.1) is 20.7 Å². The van der Waals surface area contributed by atoms with Gasteiger partial charge >= 0.3 is 0 Å². The highest BCUT2D eigenvalue weighted by Gasteiger charge is 2.08. The van der Waals surface area contributed by atoms with Crippen LogP contribution < -0.4 is 0 Å². The Hall–Kier alpha value is -0.670. The molecule has 0 bridgehead atoms. The molecule has 0 saturated carbocycles. The average molecular weight is 317 g/mol. The number of halogens is 2. The van der Waals surface area contributed by atoms with Gasteiger partial charge in [-0.05, 0) is 40.3 Å². The van der Waals surface area contributed by atoms with Crippen LogP contribution in [-0.2, 0) is 6.42 Å². The van der Waals surface area contributed by atoms with Gasteiger partial charge in [0.1, 0.15) is 5.82 Å². The van der Waals surface area contributed by atoms with E-state index in [1.54, 1.807) is 0 Å². The van der Waals surface area contributed by atoms with Crippen LogP contribution in [-0.4, -0.2) is 0 Å². The summed E-state index contributed by atoms with van der Waals surface area (Å²) in [5, 5.41) is 11.4. The van der Waals surface area contributed by atoms with Crippen LogP contribution in [0.4, 0.5) is 4.39 Å². The Balaban J connectivity index is 2.70. The van der Waals surface area contributed by atoms with E-state index in [0.717, 1.165) is 14.5 Å². The van der Waals surface area contributed by atoms with Crippen molar-refractivity contribution in [1.29, 1.82) is 5.26 Å². The van der Waals surface area contributed by atoms with E-state index in [4.69, 9.17) is 5.26 Å². The van der Waals surface area contributed by atoms with Crippen molar-refractivity contribution < 1.29 is 4.39 Å². The van der Waals surface area contributed by atoms with Gasteiger partial charge in [-0.25, -0.2) is 4.39 Å². The Morgan fingerprint density at radius 1 is 1.50 bits per heavy atom. The van der Waals surface area contributed by atoms with Gasteiger partial charge in [-0.1, -0.05) is 0 Å². The minimum atomic E-state index is -0.222. The van der Waals surface area contributed by atoms with E-state index in [2.05, 4.69) is 22.6 Å². The number of rotatable bonds is 1. The Morgan fingerprint density at radius 3 is 3.00 bits per heavy atom. The predicted molar refractivity (Wildman–Crippen MR) is 63.8 cm³/mol. The number of benzene rings is 1. The van der Waals surface area contributed by atoms with Crippen molar-refractivity contribution in [3.63, 3.8) is 0 Å². The lowest BCUT2D eigenvalue weighted by Crippen LogP contribution is -1.84. The van der Waals surface area contributed by atoms with Crippen LogP contribution in [0.5, 0.6) is 0 Å². The molecule has 0 aliphatic rings. The number of hydrogen-bond donors (Lipinski definition) is 0. The normalized spacial score (nSPS) is 10.4. The quantitative estimate of drug-likeness (QED) is 0.736. The lowest BCUT2D eigenvalue weighted by Gasteiger charge is -1.97. The van der Waals surface area contributed by atoms with Crippen molar-refractivity contribution in [2.24, 2.45) is 0 Å². The largest absolute Gasteiger partial charge is 0.205 e. The van der Waals surface area contributed by atoms with Crippen molar-refractivity contribution in [3.05, 3.63) is 32.5 Å². The number of nitriles is 1. The molecule has 0 aliphatic carbocycles. The first-order valence-corrected chi connectivity index (χ1v) is 5.90. The van der Waals surface area contributed by atoms with Crippen LogP contribution in [0.2, 0.25) is 0 Å². The van der Waals surface area contributed by atoms with E-state index < -0.39 is 0 Å². The van der Waals surface area contributed by atoms with Crippen molar-refractivity contribution in [2.75, 3.05) is 0 Å². The van der Waals surface area contributed by atoms with Gasteiger partial charge in [-0.15, -0.1) is 11.3 Å². The molecular weight excluding hydrogens is 312 g/mol. The van der Waals surface area contributed by atoms with Crippen LogP contribution in [0.3, 0.4) is 0 Å². The third-order valence-electron chi connectivity index (χ3n) is 1.92. The summed E-state index contributed by atoms with van der Waals surface area (Å²) >= 11 is 3.58. The molecule has 0 radical (unpaired) electrons. The highest BCUT2D eigenvalue weighted by atomic mass is 127. The minimum absolute atomic E-state index is 0.222. The van der Waals surface area contributed by atoms with Gasteiger partial charge in [0.05, 0.1) is 17.2 Å². The molecule has 0 atom stereocenters. The second kappa shape index (κ2) is 3.83. The zero-order valence-electron chi connectivity index (χ0n) is 7.05. The van der Waals surface area contributed by atoms with Crippen molar-refractivity contribution >= 4 is 44.0 Å². The Morgan fingerprint density at radius 2 is 2.29 bits per heavy atom. The molecule has 0 saturated heterocycles. The molecule has 1 nitrogen and oxygen atoms in total. The molecule has 0 amide bonds. The number of fused-ring (bicyclic) bond motifs is 1. The van der Waals surface area contributed by atoms with Gasteiger partial charge in [0.2, 0.25) is 0 Å². The third-order valence-corrected chi connectivity index (χ3v) is 4.24. The molecule has 0 N–H and O–H groups in total. The summed E-state index contributed by atoms with van der Waals surface area (Å²) in [4.78, 5) is 0. The van der Waals surface area contributed by atoms with Gasteiger partial charge in [-0.3, -0.25) is 0 Å². The molecule has 0 aliphatic heterocycles. The fourth-order valence-corrected chi connectivity index (χ4v) is 3.12. The second-order valence-electron chi connectivity index (χ2n) is 2.87. The summed E-state index contributed by atoms with van der Waals surface area (Å²) in [6.07, 6.45) is 0.263. The first kappa shape index (κ1) is 9.87. The Labute approximate surface area is 98.3 Å². The topological polar surface area (TPSA) is 23.8 Å². The van der Waals surface area contributed by atoms with Crippen LogP contribution in [0.25, 0.3) is 10.1 Å². The summed E-state index contributed by atoms with van der Waals surface area (Å²) < 4.78 is 15.2. The maximum atomic E-state index is 13.5. The van der Waals surface area contributed by atoms with Crippen molar-refractivity contribution in [2.45, 2.75) is 6.42 Å². The number of thiophene rings is 1. The fraction of sp³-hybridized carbons (Fsp3) is 0.100. The maximum absolute atomic E-state index is 13.5. The molecule has 1 aromatic heterocycles. The molecule has 70 valence electrons. The minimum Gasteiger partial charge on any atom is -0.205 e. The zero-order valence-corrected chi connectivity index (χ0v) is 10.0. The van der Waals surface area contributed by atoms with Gasteiger partial charge in [-0.2, -0.15) is 5.26 Å². The Bertz CT molecular complexity index is 527. The van der Waals surface area contributed by atoms with E-state index in [9.17, 15) is 4.39 Å². The standard InChI is InChI=1S/C10H5FINS/c11-8-4-6(1-2-13)3-7-9(12)5-14-10(7)8/h3-5H,1H2. The fourth-order valence-electron chi connectivity index (χ4n) is 1.31. The molecule has 0 spiro atoms. The van der Waals surface area contributed by atoms with Gasteiger partial charge in [0.15, 0.2) is 0 Å². The monoisotopic (exact) mass is 317 g/mol. The summed E-state index contributed by atoms with van der Waals surface area (Å²) in [6.45, 7) is 0. The average Bonchev–Trinajstić information content (AvgIpc) is 2.49. The van der Waals surface area contributed by atoms with Crippen LogP contribution in [0.1, 0.15) is 5.56 Å². The lowest BCUT2D eigenvalue weighted by molar-refractivity contribution is 0.640. The summed E-state index contributed by atoms with van der Waals surface area (Å²) in [5.41, 5.74) is 0.744. The van der Waals surface area contributed by atoms with E-state index in [0.29, 0.717) is 4.70 Å². The third kappa shape index (κ3) is 1.62. The maximum Gasteiger partial charge on any atom is 0.141 e. The molecule has 4 heteroatoms. The zero-order chi connectivity index (χ0) is 10.1. The van der Waals surface area contributed by atoms with Crippen molar-refractivity contribution in [3.8, 4) is 6.07 Å². The highest BCUT2D eigenvalue weighted by Crippen LogP contribution is 2.30. The molecule has 2 rings (SSSR count). The SMILES string of the molecule is N#CCc1cc(F)c2scc(I)c2c1. The first-order chi connectivity index (χ1) is 6.72. The molecule has 1 aromatic carbocycles. The summed E-state index contributed by atoms with van der Waals surface area (Å²) in [5.74, 6) is -0.222. The van der Waals surface area contributed by atoms with Crippen LogP contribution in [0.15, 0.2) is 17.5 Å². The predicted octanol–water partition coefficient (Wildman–Crippen LogP) is 3.71. The van der Waals surface area contributed by atoms with Gasteiger partial charge in [0.25, 0.3) is 0 Å². The van der Waals surface area contributed by atoms with E-state index in [1.807, 2.05) is 17.5 Å². The number of nitrogens with zero attached hydrogens (tertiary/aromatic N) is 1. The smallest absolute Gasteiger partial charge is 0.141 e. The van der Waals surface area contributed by atoms with Gasteiger partial charge in [0, 0.05) is 14.3 Å².